The summed E-state index contributed by atoms with van der Waals surface area (Å²) in [5, 5.41) is 0.936. The van der Waals surface area contributed by atoms with Crippen molar-refractivity contribution in [1.82, 2.24) is 9.55 Å². The molecule has 0 bridgehead atoms. The number of nitrogens with zero attached hydrogens (tertiary/aromatic N) is 3. The van der Waals surface area contributed by atoms with Crippen molar-refractivity contribution in [3.05, 3.63) is 74.4 Å². The van der Waals surface area contributed by atoms with Crippen LogP contribution in [0.5, 0.6) is 0 Å². The highest BCUT2D eigenvalue weighted by Gasteiger charge is 2.40. The first-order chi connectivity index (χ1) is 12.0. The number of amides is 1. The number of halogens is 3. The number of carbonyl (C=O) groups excluding carboxylic acids is 1. The number of hydrogen-bond acceptors (Lipinski definition) is 2. The maximum atomic E-state index is 13.3. The summed E-state index contributed by atoms with van der Waals surface area (Å²) in [5.41, 5.74) is 2.56. The Hall–Kier alpha value is -1.82. The lowest BCUT2D eigenvalue weighted by Crippen LogP contribution is -2.26. The van der Waals surface area contributed by atoms with Crippen LogP contribution in [0.2, 0.25) is 10.0 Å². The highest BCUT2D eigenvalue weighted by Crippen LogP contribution is 2.41. The molecule has 0 fully saturated rings. The number of aryl methyl sites for hydroxylation is 1. The van der Waals surface area contributed by atoms with Gasteiger partial charge in [0.2, 0.25) is 5.95 Å². The number of imidazole rings is 1. The molecule has 1 atom stereocenters. The van der Waals surface area contributed by atoms with Gasteiger partial charge in [0.05, 0.1) is 5.69 Å². The van der Waals surface area contributed by atoms with E-state index in [1.54, 1.807) is 29.3 Å². The first-order valence-corrected chi connectivity index (χ1v) is 9.09. The molecule has 2 aromatic carbocycles. The molecule has 7 heteroatoms. The van der Waals surface area contributed by atoms with E-state index in [0.717, 1.165) is 15.6 Å². The highest BCUT2D eigenvalue weighted by molar-refractivity contribution is 9.10. The molecule has 25 heavy (non-hydrogen) atoms. The SMILES string of the molecule is Cc1ccc(Br)cc1C1C(=O)N(c2cc(Cl)cc(Cl)c2)c2nccn21. The van der Waals surface area contributed by atoms with E-state index in [1.165, 1.54) is 0 Å². The number of aromatic nitrogens is 2. The molecule has 0 saturated heterocycles. The van der Waals surface area contributed by atoms with Gasteiger partial charge in [-0.15, -0.1) is 0 Å². The molecule has 1 amide bonds. The van der Waals surface area contributed by atoms with Crippen LogP contribution in [0.4, 0.5) is 11.6 Å². The van der Waals surface area contributed by atoms with Gasteiger partial charge in [0.15, 0.2) is 0 Å². The quantitative estimate of drug-likeness (QED) is 0.529. The van der Waals surface area contributed by atoms with Gasteiger partial charge in [0, 0.05) is 26.9 Å². The zero-order valence-corrected chi connectivity index (χ0v) is 16.2. The van der Waals surface area contributed by atoms with Crippen molar-refractivity contribution in [2.75, 3.05) is 4.90 Å². The van der Waals surface area contributed by atoms with Crippen LogP contribution in [-0.2, 0) is 4.79 Å². The lowest BCUT2D eigenvalue weighted by Gasteiger charge is -2.17. The molecule has 4 rings (SSSR count). The van der Waals surface area contributed by atoms with Crippen LogP contribution in [0.25, 0.3) is 0 Å². The molecule has 3 aromatic rings. The van der Waals surface area contributed by atoms with E-state index in [-0.39, 0.29) is 5.91 Å². The number of rotatable bonds is 2. The summed E-state index contributed by atoms with van der Waals surface area (Å²) in [4.78, 5) is 19.2. The summed E-state index contributed by atoms with van der Waals surface area (Å²) >= 11 is 15.7. The maximum absolute atomic E-state index is 13.3. The standard InChI is InChI=1S/C18H12BrCl2N3O/c1-10-2-3-11(19)6-15(10)16-17(25)24(18-22-4-5-23(16)18)14-8-12(20)7-13(21)9-14/h2-9,16H,1H3. The third-order valence-electron chi connectivity index (χ3n) is 4.22. The van der Waals surface area contributed by atoms with Gasteiger partial charge in [0.1, 0.15) is 6.04 Å². The second-order valence-electron chi connectivity index (χ2n) is 5.84. The average molecular weight is 437 g/mol. The third-order valence-corrected chi connectivity index (χ3v) is 5.15. The molecule has 0 N–H and O–H groups in total. The van der Waals surface area contributed by atoms with Crippen molar-refractivity contribution in [1.29, 1.82) is 0 Å². The smallest absolute Gasteiger partial charge is 0.261 e. The Morgan fingerprint density at radius 1 is 1.12 bits per heavy atom. The van der Waals surface area contributed by atoms with Gasteiger partial charge >= 0.3 is 0 Å². The van der Waals surface area contributed by atoms with E-state index in [1.807, 2.05) is 35.9 Å². The lowest BCUT2D eigenvalue weighted by molar-refractivity contribution is -0.118. The summed E-state index contributed by atoms with van der Waals surface area (Å²) < 4.78 is 2.79. The zero-order valence-electron chi connectivity index (χ0n) is 13.1. The predicted octanol–water partition coefficient (Wildman–Crippen LogP) is 5.53. The van der Waals surface area contributed by atoms with Crippen molar-refractivity contribution < 1.29 is 4.79 Å². The summed E-state index contributed by atoms with van der Waals surface area (Å²) in [5.74, 6) is 0.454. The van der Waals surface area contributed by atoms with E-state index in [2.05, 4.69) is 20.9 Å². The van der Waals surface area contributed by atoms with E-state index >= 15 is 0 Å². The zero-order chi connectivity index (χ0) is 17.7. The van der Waals surface area contributed by atoms with Crippen LogP contribution in [0.1, 0.15) is 17.2 Å². The van der Waals surface area contributed by atoms with Gasteiger partial charge in [-0.25, -0.2) is 9.88 Å². The molecule has 0 aliphatic carbocycles. The number of anilines is 2. The van der Waals surface area contributed by atoms with Gasteiger partial charge in [-0.3, -0.25) is 9.36 Å². The second-order valence-corrected chi connectivity index (χ2v) is 7.63. The van der Waals surface area contributed by atoms with Crippen LogP contribution in [0.15, 0.2) is 53.3 Å². The molecule has 0 saturated carbocycles. The average Bonchev–Trinajstić information content (AvgIpc) is 3.08. The topological polar surface area (TPSA) is 38.1 Å². The Kier molecular flexibility index (Phi) is 4.10. The van der Waals surface area contributed by atoms with Crippen molar-refractivity contribution >= 4 is 56.7 Å². The number of fused-ring (bicyclic) bond motifs is 1. The molecular weight excluding hydrogens is 425 g/mol. The number of benzene rings is 2. The van der Waals surface area contributed by atoms with Gasteiger partial charge in [-0.2, -0.15) is 0 Å². The Balaban J connectivity index is 1.88. The molecule has 2 heterocycles. The second kappa shape index (κ2) is 6.16. The molecular formula is C18H12BrCl2N3O. The van der Waals surface area contributed by atoms with Crippen LogP contribution in [-0.4, -0.2) is 15.5 Å². The van der Waals surface area contributed by atoms with E-state index in [0.29, 0.717) is 21.7 Å². The van der Waals surface area contributed by atoms with Crippen molar-refractivity contribution in [2.45, 2.75) is 13.0 Å². The van der Waals surface area contributed by atoms with Crippen molar-refractivity contribution in [3.8, 4) is 0 Å². The molecule has 0 radical (unpaired) electrons. The van der Waals surface area contributed by atoms with Gasteiger partial charge in [-0.1, -0.05) is 45.2 Å². The lowest BCUT2D eigenvalue weighted by atomic mass is 10.0. The fraction of sp³-hybridized carbons (Fsp3) is 0.111. The van der Waals surface area contributed by atoms with Crippen LogP contribution >= 0.6 is 39.1 Å². The molecule has 1 aromatic heterocycles. The highest BCUT2D eigenvalue weighted by atomic mass is 79.9. The van der Waals surface area contributed by atoms with Gasteiger partial charge < -0.3 is 0 Å². The van der Waals surface area contributed by atoms with E-state index in [9.17, 15) is 4.79 Å². The monoisotopic (exact) mass is 435 g/mol. The van der Waals surface area contributed by atoms with Gasteiger partial charge in [-0.05, 0) is 48.4 Å². The Labute approximate surface area is 163 Å². The maximum Gasteiger partial charge on any atom is 0.261 e. The first-order valence-electron chi connectivity index (χ1n) is 7.54. The minimum absolute atomic E-state index is 0.0948. The fourth-order valence-corrected chi connectivity index (χ4v) is 4.01. The molecule has 1 aliphatic rings. The summed E-state index contributed by atoms with van der Waals surface area (Å²) in [6, 6.07) is 10.5. The molecule has 126 valence electrons. The normalized spacial score (nSPS) is 16.4. The van der Waals surface area contributed by atoms with Crippen molar-refractivity contribution in [3.63, 3.8) is 0 Å². The van der Waals surface area contributed by atoms with Crippen LogP contribution in [0, 0.1) is 6.92 Å². The number of hydrogen-bond donors (Lipinski definition) is 0. The molecule has 0 spiro atoms. The molecule has 1 aliphatic heterocycles. The summed E-state index contributed by atoms with van der Waals surface area (Å²) in [6.45, 7) is 1.99. The predicted molar refractivity (Wildman–Crippen MR) is 103 cm³/mol. The first kappa shape index (κ1) is 16.6. The van der Waals surface area contributed by atoms with Crippen LogP contribution < -0.4 is 4.90 Å². The van der Waals surface area contributed by atoms with Crippen molar-refractivity contribution in [2.24, 2.45) is 0 Å². The Morgan fingerprint density at radius 2 is 1.84 bits per heavy atom. The minimum atomic E-state index is -0.479. The Bertz CT molecular complexity index is 981. The largest absolute Gasteiger partial charge is 0.300 e. The third kappa shape index (κ3) is 2.76. The summed E-state index contributed by atoms with van der Waals surface area (Å²) in [6.07, 6.45) is 3.49. The van der Waals surface area contributed by atoms with E-state index in [4.69, 9.17) is 23.2 Å². The number of carbonyl (C=O) groups is 1. The van der Waals surface area contributed by atoms with Gasteiger partial charge in [0.25, 0.3) is 5.91 Å². The van der Waals surface area contributed by atoms with E-state index < -0.39 is 6.04 Å². The molecule has 4 nitrogen and oxygen atoms in total. The van der Waals surface area contributed by atoms with Crippen LogP contribution in [0.3, 0.4) is 0 Å². The Morgan fingerprint density at radius 3 is 2.56 bits per heavy atom. The molecule has 1 unspecified atom stereocenters. The minimum Gasteiger partial charge on any atom is -0.300 e. The fourth-order valence-electron chi connectivity index (χ4n) is 3.12. The summed E-state index contributed by atoms with van der Waals surface area (Å²) in [7, 11) is 0.